The Kier molecular flexibility index (Phi) is 7.21. The molecule has 1 aliphatic carbocycles. The van der Waals surface area contributed by atoms with Crippen molar-refractivity contribution in [3.05, 3.63) is 40.5 Å². The van der Waals surface area contributed by atoms with Crippen LogP contribution >= 0.6 is 23.1 Å². The summed E-state index contributed by atoms with van der Waals surface area (Å²) in [4.78, 5) is 30.7. The Bertz CT molecular complexity index is 1110. The molecule has 0 saturated heterocycles. The van der Waals surface area contributed by atoms with E-state index in [0.717, 1.165) is 43.2 Å². The number of esters is 1. The van der Waals surface area contributed by atoms with Crippen LogP contribution < -0.4 is 5.32 Å². The van der Waals surface area contributed by atoms with Gasteiger partial charge in [0.05, 0.1) is 17.9 Å². The minimum Gasteiger partial charge on any atom is -0.462 e. The number of aromatic nitrogens is 4. The van der Waals surface area contributed by atoms with Crippen LogP contribution in [0, 0.1) is 0 Å². The lowest BCUT2D eigenvalue weighted by molar-refractivity contribution is -0.113. The lowest BCUT2D eigenvalue weighted by Gasteiger charge is -2.08. The number of hydrogen-bond acceptors (Lipinski definition) is 8. The quantitative estimate of drug-likeness (QED) is 0.314. The molecule has 0 aliphatic heterocycles. The highest BCUT2D eigenvalue weighted by molar-refractivity contribution is 7.99. The molecule has 3 aromatic heterocycles. The first-order valence-electron chi connectivity index (χ1n) is 10.6. The Hall–Kier alpha value is -2.72. The molecule has 8 nitrogen and oxygen atoms in total. The molecule has 0 unspecified atom stereocenters. The molecule has 0 fully saturated rings. The van der Waals surface area contributed by atoms with Gasteiger partial charge in [0.15, 0.2) is 11.0 Å². The van der Waals surface area contributed by atoms with E-state index in [1.54, 1.807) is 19.3 Å². The van der Waals surface area contributed by atoms with Crippen molar-refractivity contribution in [2.24, 2.45) is 7.05 Å². The van der Waals surface area contributed by atoms with Gasteiger partial charge in [-0.15, -0.1) is 21.5 Å². The number of carbonyl (C=O) groups excluding carboxylic acids is 2. The van der Waals surface area contributed by atoms with Gasteiger partial charge in [0, 0.05) is 29.9 Å². The summed E-state index contributed by atoms with van der Waals surface area (Å²) in [6, 6.07) is 3.75. The van der Waals surface area contributed by atoms with Crippen molar-refractivity contribution in [2.75, 3.05) is 17.7 Å². The maximum absolute atomic E-state index is 12.7. The lowest BCUT2D eigenvalue weighted by atomic mass is 10.1. The number of pyridine rings is 1. The summed E-state index contributed by atoms with van der Waals surface area (Å²) in [5.41, 5.74) is 2.44. The fourth-order valence-electron chi connectivity index (χ4n) is 3.73. The monoisotopic (exact) mass is 471 g/mol. The second kappa shape index (κ2) is 10.3. The molecule has 0 radical (unpaired) electrons. The average Bonchev–Trinajstić information content (AvgIpc) is 3.23. The maximum Gasteiger partial charge on any atom is 0.341 e. The van der Waals surface area contributed by atoms with Crippen molar-refractivity contribution < 1.29 is 14.3 Å². The van der Waals surface area contributed by atoms with E-state index in [1.165, 1.54) is 28.0 Å². The predicted octanol–water partition coefficient (Wildman–Crippen LogP) is 4.12. The smallest absolute Gasteiger partial charge is 0.341 e. The molecule has 1 amide bonds. The largest absolute Gasteiger partial charge is 0.462 e. The van der Waals surface area contributed by atoms with Crippen LogP contribution in [-0.4, -0.2) is 44.0 Å². The Morgan fingerprint density at radius 2 is 2.09 bits per heavy atom. The summed E-state index contributed by atoms with van der Waals surface area (Å²) in [5, 5.41) is 12.6. The van der Waals surface area contributed by atoms with Crippen LogP contribution in [0.1, 0.15) is 47.0 Å². The van der Waals surface area contributed by atoms with Crippen LogP contribution in [0.5, 0.6) is 0 Å². The molecule has 1 N–H and O–H groups in total. The third-order valence-corrected chi connectivity index (χ3v) is 7.47. The number of thiophene rings is 1. The van der Waals surface area contributed by atoms with Crippen LogP contribution in [-0.2, 0) is 29.4 Å². The summed E-state index contributed by atoms with van der Waals surface area (Å²) >= 11 is 2.80. The van der Waals surface area contributed by atoms with Crippen molar-refractivity contribution in [1.29, 1.82) is 0 Å². The molecule has 0 atom stereocenters. The molecule has 168 valence electrons. The lowest BCUT2D eigenvalue weighted by Crippen LogP contribution is -2.17. The van der Waals surface area contributed by atoms with Gasteiger partial charge in [0.2, 0.25) is 5.91 Å². The van der Waals surface area contributed by atoms with E-state index in [9.17, 15) is 9.59 Å². The topological polar surface area (TPSA) is 99.0 Å². The average molecular weight is 472 g/mol. The third kappa shape index (κ3) is 4.86. The fraction of sp³-hybridized carbons (Fsp3) is 0.409. The first-order chi connectivity index (χ1) is 15.6. The molecular weight excluding hydrogens is 446 g/mol. The van der Waals surface area contributed by atoms with Crippen LogP contribution in [0.4, 0.5) is 5.00 Å². The second-order valence-electron chi connectivity index (χ2n) is 7.43. The number of anilines is 1. The van der Waals surface area contributed by atoms with Gasteiger partial charge in [0.1, 0.15) is 5.00 Å². The number of amides is 1. The summed E-state index contributed by atoms with van der Waals surface area (Å²) in [5.74, 6) is 0.295. The van der Waals surface area contributed by atoms with Crippen LogP contribution in [0.15, 0.2) is 29.7 Å². The number of nitrogens with one attached hydrogen (secondary N) is 1. The standard InChI is InChI=1S/C22H25N5O3S2/c1-3-30-21(29)18-15-9-5-4-6-10-16(15)32-20(18)24-17(28)13-31-22-26-25-19(27(22)2)14-8-7-11-23-12-14/h7-8,11-12H,3-6,9-10,13H2,1-2H3,(H,24,28). The number of thioether (sulfide) groups is 1. The highest BCUT2D eigenvalue weighted by atomic mass is 32.2. The minimum absolute atomic E-state index is 0.157. The summed E-state index contributed by atoms with van der Waals surface area (Å²) in [6.45, 7) is 2.09. The molecule has 0 aromatic carbocycles. The van der Waals surface area contributed by atoms with Crippen molar-refractivity contribution in [3.63, 3.8) is 0 Å². The van der Waals surface area contributed by atoms with Gasteiger partial charge in [-0.05, 0) is 50.3 Å². The SMILES string of the molecule is CCOC(=O)c1c(NC(=O)CSc2nnc(-c3cccnc3)n2C)sc2c1CCCCC2. The Balaban J connectivity index is 1.47. The van der Waals surface area contributed by atoms with Crippen molar-refractivity contribution >= 4 is 40.0 Å². The maximum atomic E-state index is 12.7. The van der Waals surface area contributed by atoms with Crippen LogP contribution in [0.3, 0.4) is 0 Å². The number of ether oxygens (including phenoxy) is 1. The van der Waals surface area contributed by atoms with Crippen LogP contribution in [0.2, 0.25) is 0 Å². The number of nitrogens with zero attached hydrogens (tertiary/aromatic N) is 4. The van der Waals surface area contributed by atoms with Gasteiger partial charge in [0.25, 0.3) is 0 Å². The summed E-state index contributed by atoms with van der Waals surface area (Å²) in [6.07, 6.45) is 8.52. The summed E-state index contributed by atoms with van der Waals surface area (Å²) < 4.78 is 7.13. The normalized spacial score (nSPS) is 13.3. The molecule has 10 heteroatoms. The molecular formula is C22H25N5O3S2. The molecule has 0 saturated carbocycles. The molecule has 32 heavy (non-hydrogen) atoms. The van der Waals surface area contributed by atoms with E-state index in [4.69, 9.17) is 4.74 Å². The minimum atomic E-state index is -0.357. The van der Waals surface area contributed by atoms with Crippen molar-refractivity contribution in [2.45, 2.75) is 44.2 Å². The van der Waals surface area contributed by atoms with Gasteiger partial charge in [-0.2, -0.15) is 0 Å². The highest BCUT2D eigenvalue weighted by Gasteiger charge is 2.26. The number of carbonyl (C=O) groups is 2. The van der Waals surface area contributed by atoms with Crippen molar-refractivity contribution in [1.82, 2.24) is 19.7 Å². The number of hydrogen-bond donors (Lipinski definition) is 1. The van der Waals surface area contributed by atoms with Gasteiger partial charge >= 0.3 is 5.97 Å². The third-order valence-electron chi connectivity index (χ3n) is 5.24. The fourth-order valence-corrected chi connectivity index (χ4v) is 5.73. The molecule has 0 bridgehead atoms. The highest BCUT2D eigenvalue weighted by Crippen LogP contribution is 2.38. The van der Waals surface area contributed by atoms with E-state index < -0.39 is 0 Å². The Morgan fingerprint density at radius 3 is 2.88 bits per heavy atom. The van der Waals surface area contributed by atoms with E-state index in [2.05, 4.69) is 20.5 Å². The number of rotatable bonds is 7. The van der Waals surface area contributed by atoms with E-state index >= 15 is 0 Å². The molecule has 1 aliphatic rings. The first-order valence-corrected chi connectivity index (χ1v) is 12.4. The Labute approximate surface area is 194 Å². The number of aryl methyl sites for hydroxylation is 1. The molecule has 0 spiro atoms. The zero-order chi connectivity index (χ0) is 22.5. The Morgan fingerprint density at radius 1 is 1.25 bits per heavy atom. The zero-order valence-corrected chi connectivity index (χ0v) is 19.7. The zero-order valence-electron chi connectivity index (χ0n) is 18.1. The van der Waals surface area contributed by atoms with E-state index in [-0.39, 0.29) is 17.6 Å². The first kappa shape index (κ1) is 22.5. The van der Waals surface area contributed by atoms with Gasteiger partial charge in [-0.3, -0.25) is 9.78 Å². The number of fused-ring (bicyclic) bond motifs is 1. The van der Waals surface area contributed by atoms with Gasteiger partial charge in [-0.25, -0.2) is 4.79 Å². The molecule has 3 aromatic rings. The molecule has 4 rings (SSSR count). The van der Waals surface area contributed by atoms with E-state index in [1.807, 2.05) is 23.7 Å². The van der Waals surface area contributed by atoms with Gasteiger partial charge in [-0.1, -0.05) is 18.2 Å². The van der Waals surface area contributed by atoms with E-state index in [0.29, 0.717) is 28.2 Å². The molecule has 3 heterocycles. The predicted molar refractivity (Wildman–Crippen MR) is 125 cm³/mol. The summed E-state index contributed by atoms with van der Waals surface area (Å²) in [7, 11) is 1.86. The van der Waals surface area contributed by atoms with Crippen LogP contribution in [0.25, 0.3) is 11.4 Å². The van der Waals surface area contributed by atoms with Crippen molar-refractivity contribution in [3.8, 4) is 11.4 Å². The second-order valence-corrected chi connectivity index (χ2v) is 9.48. The van der Waals surface area contributed by atoms with Gasteiger partial charge < -0.3 is 14.6 Å².